The second-order valence-corrected chi connectivity index (χ2v) is 4.71. The Balaban J connectivity index is 2.35. The number of rotatable bonds is 4. The van der Waals surface area contributed by atoms with Crippen molar-refractivity contribution in [3.8, 4) is 6.07 Å². The summed E-state index contributed by atoms with van der Waals surface area (Å²) >= 11 is 3.53. The van der Waals surface area contributed by atoms with Crippen LogP contribution in [0.15, 0.2) is 28.9 Å². The summed E-state index contributed by atoms with van der Waals surface area (Å²) in [6.07, 6.45) is 3.04. The molecule has 0 bridgehead atoms. The van der Waals surface area contributed by atoms with E-state index in [1.165, 1.54) is 0 Å². The maximum atomic E-state index is 8.88. The third-order valence-corrected chi connectivity index (χ3v) is 3.34. The first-order valence-electron chi connectivity index (χ1n) is 5.43. The van der Waals surface area contributed by atoms with E-state index in [4.69, 9.17) is 10.00 Å². The Kier molecular flexibility index (Phi) is 3.82. The molecule has 88 valence electrons. The van der Waals surface area contributed by atoms with Gasteiger partial charge in [0.25, 0.3) is 0 Å². The van der Waals surface area contributed by atoms with Crippen LogP contribution < -0.4 is 0 Å². The molecular weight excluding hydrogens is 280 g/mol. The maximum Gasteiger partial charge on any atom is 0.0991 e. The lowest BCUT2D eigenvalue weighted by Gasteiger charge is -2.04. The first kappa shape index (κ1) is 12.2. The molecule has 0 aliphatic carbocycles. The summed E-state index contributed by atoms with van der Waals surface area (Å²) in [6, 6.07) is 7.91. The lowest BCUT2D eigenvalue weighted by atomic mass is 10.2. The highest BCUT2D eigenvalue weighted by Crippen LogP contribution is 2.27. The summed E-state index contributed by atoms with van der Waals surface area (Å²) in [6.45, 7) is 1.68. The smallest absolute Gasteiger partial charge is 0.0991 e. The molecular formula is C13H13BrN2O. The fraction of sp³-hybridized carbons (Fsp3) is 0.308. The van der Waals surface area contributed by atoms with Crippen molar-refractivity contribution >= 4 is 26.8 Å². The Hall–Kier alpha value is -1.31. The van der Waals surface area contributed by atoms with Gasteiger partial charge < -0.3 is 9.30 Å². The zero-order valence-corrected chi connectivity index (χ0v) is 11.2. The van der Waals surface area contributed by atoms with E-state index >= 15 is 0 Å². The topological polar surface area (TPSA) is 38.0 Å². The van der Waals surface area contributed by atoms with Crippen molar-refractivity contribution in [1.82, 2.24) is 4.57 Å². The molecule has 2 rings (SSSR count). The average Bonchev–Trinajstić information content (AvgIpc) is 2.66. The normalized spacial score (nSPS) is 10.6. The van der Waals surface area contributed by atoms with E-state index in [0.717, 1.165) is 34.9 Å². The van der Waals surface area contributed by atoms with Gasteiger partial charge in [-0.25, -0.2) is 0 Å². The molecule has 0 atom stereocenters. The molecule has 0 aliphatic heterocycles. The molecule has 4 heteroatoms. The fourth-order valence-electron chi connectivity index (χ4n) is 1.89. The van der Waals surface area contributed by atoms with Gasteiger partial charge in [-0.3, -0.25) is 0 Å². The molecule has 0 saturated heterocycles. The van der Waals surface area contributed by atoms with Crippen LogP contribution in [0, 0.1) is 11.3 Å². The molecule has 0 fully saturated rings. The fourth-order valence-corrected chi connectivity index (χ4v) is 2.45. The van der Waals surface area contributed by atoms with Crippen molar-refractivity contribution in [3.05, 3.63) is 34.4 Å². The molecule has 17 heavy (non-hydrogen) atoms. The number of hydrogen-bond acceptors (Lipinski definition) is 2. The zero-order valence-electron chi connectivity index (χ0n) is 9.61. The van der Waals surface area contributed by atoms with Crippen molar-refractivity contribution in [2.24, 2.45) is 0 Å². The second kappa shape index (κ2) is 5.35. The number of halogens is 1. The molecule has 0 spiro atoms. The molecule has 0 aliphatic rings. The Morgan fingerprint density at radius 2 is 2.29 bits per heavy atom. The van der Waals surface area contributed by atoms with E-state index in [9.17, 15) is 0 Å². The van der Waals surface area contributed by atoms with Crippen LogP contribution in [0.1, 0.15) is 12.0 Å². The summed E-state index contributed by atoms with van der Waals surface area (Å²) in [5, 5.41) is 9.96. The van der Waals surface area contributed by atoms with Gasteiger partial charge in [-0.05, 0) is 40.5 Å². The zero-order chi connectivity index (χ0) is 12.3. The van der Waals surface area contributed by atoms with E-state index in [2.05, 4.69) is 32.8 Å². The number of methoxy groups -OCH3 is 1. The highest BCUT2D eigenvalue weighted by Gasteiger charge is 2.07. The van der Waals surface area contributed by atoms with Gasteiger partial charge in [-0.1, -0.05) is 0 Å². The van der Waals surface area contributed by atoms with Gasteiger partial charge in [-0.15, -0.1) is 0 Å². The van der Waals surface area contributed by atoms with Gasteiger partial charge in [-0.2, -0.15) is 5.26 Å². The number of aromatic nitrogens is 1. The Morgan fingerprint density at radius 1 is 1.47 bits per heavy atom. The minimum atomic E-state index is 0.688. The molecule has 0 amide bonds. The molecule has 0 radical (unpaired) electrons. The molecule has 0 unspecified atom stereocenters. The second-order valence-electron chi connectivity index (χ2n) is 3.86. The highest BCUT2D eigenvalue weighted by atomic mass is 79.9. The molecule has 0 N–H and O–H groups in total. The van der Waals surface area contributed by atoms with Crippen molar-refractivity contribution in [1.29, 1.82) is 5.26 Å². The Bertz CT molecular complexity index is 569. The SMILES string of the molecule is COCCCn1cc(Br)c2cc(C#N)ccc21. The van der Waals surface area contributed by atoms with Crippen LogP contribution in [0.5, 0.6) is 0 Å². The molecule has 0 saturated carbocycles. The summed E-state index contributed by atoms with van der Waals surface area (Å²) in [5.41, 5.74) is 1.83. The Morgan fingerprint density at radius 3 is 3.00 bits per heavy atom. The number of aryl methyl sites for hydroxylation is 1. The first-order chi connectivity index (χ1) is 8.26. The monoisotopic (exact) mass is 292 g/mol. The van der Waals surface area contributed by atoms with Crippen molar-refractivity contribution < 1.29 is 4.74 Å². The van der Waals surface area contributed by atoms with E-state index in [1.807, 2.05) is 18.2 Å². The number of nitrogens with zero attached hydrogens (tertiary/aromatic N) is 2. The minimum absolute atomic E-state index is 0.688. The third kappa shape index (κ3) is 2.51. The van der Waals surface area contributed by atoms with Gasteiger partial charge in [0, 0.05) is 41.8 Å². The van der Waals surface area contributed by atoms with E-state index in [0.29, 0.717) is 5.56 Å². The highest BCUT2D eigenvalue weighted by molar-refractivity contribution is 9.10. The van der Waals surface area contributed by atoms with E-state index in [-0.39, 0.29) is 0 Å². The molecule has 3 nitrogen and oxygen atoms in total. The molecule has 1 aromatic carbocycles. The van der Waals surface area contributed by atoms with Crippen molar-refractivity contribution in [3.63, 3.8) is 0 Å². The van der Waals surface area contributed by atoms with Crippen LogP contribution in [0.4, 0.5) is 0 Å². The van der Waals surface area contributed by atoms with Gasteiger partial charge in [0.1, 0.15) is 0 Å². The van der Waals surface area contributed by atoms with E-state index < -0.39 is 0 Å². The maximum absolute atomic E-state index is 8.88. The molecule has 2 aromatic rings. The average molecular weight is 293 g/mol. The van der Waals surface area contributed by atoms with Crippen LogP contribution in [0.25, 0.3) is 10.9 Å². The van der Waals surface area contributed by atoms with Gasteiger partial charge in [0.05, 0.1) is 11.6 Å². The van der Waals surface area contributed by atoms with Crippen molar-refractivity contribution in [2.45, 2.75) is 13.0 Å². The Labute approximate surface area is 109 Å². The summed E-state index contributed by atoms with van der Waals surface area (Å²) in [5.74, 6) is 0. The minimum Gasteiger partial charge on any atom is -0.385 e. The summed E-state index contributed by atoms with van der Waals surface area (Å²) < 4.78 is 8.26. The van der Waals surface area contributed by atoms with Crippen LogP contribution in [0.3, 0.4) is 0 Å². The predicted molar refractivity (Wildman–Crippen MR) is 70.8 cm³/mol. The number of benzene rings is 1. The summed E-state index contributed by atoms with van der Waals surface area (Å²) in [7, 11) is 1.71. The van der Waals surface area contributed by atoms with Gasteiger partial charge in [0.15, 0.2) is 0 Å². The van der Waals surface area contributed by atoms with Gasteiger partial charge in [0.2, 0.25) is 0 Å². The third-order valence-electron chi connectivity index (χ3n) is 2.71. The van der Waals surface area contributed by atoms with Crippen molar-refractivity contribution in [2.75, 3.05) is 13.7 Å². The standard InChI is InChI=1S/C13H13BrN2O/c1-17-6-2-5-16-9-12(14)11-7-10(8-15)3-4-13(11)16/h3-4,7,9H,2,5-6H2,1H3. The van der Waals surface area contributed by atoms with Crippen LogP contribution >= 0.6 is 15.9 Å². The number of nitriles is 1. The van der Waals surface area contributed by atoms with Gasteiger partial charge >= 0.3 is 0 Å². The van der Waals surface area contributed by atoms with Crippen LogP contribution in [-0.4, -0.2) is 18.3 Å². The lowest BCUT2D eigenvalue weighted by molar-refractivity contribution is 0.190. The van der Waals surface area contributed by atoms with Crippen LogP contribution in [0.2, 0.25) is 0 Å². The largest absolute Gasteiger partial charge is 0.385 e. The molecule has 1 aromatic heterocycles. The lowest BCUT2D eigenvalue weighted by Crippen LogP contribution is -1.99. The van der Waals surface area contributed by atoms with E-state index in [1.54, 1.807) is 7.11 Å². The van der Waals surface area contributed by atoms with Crippen LogP contribution in [-0.2, 0) is 11.3 Å². The quantitative estimate of drug-likeness (QED) is 0.811. The number of ether oxygens (including phenoxy) is 1. The first-order valence-corrected chi connectivity index (χ1v) is 6.23. The number of hydrogen-bond donors (Lipinski definition) is 0. The summed E-state index contributed by atoms with van der Waals surface area (Å²) in [4.78, 5) is 0. The predicted octanol–water partition coefficient (Wildman–Crippen LogP) is 3.31. The number of fused-ring (bicyclic) bond motifs is 1. The molecule has 1 heterocycles.